The highest BCUT2D eigenvalue weighted by Gasteiger charge is 2.24. The Morgan fingerprint density at radius 1 is 1.36 bits per heavy atom. The Hall–Kier alpha value is -1.93. The minimum absolute atomic E-state index is 0.0222. The number of nitrogens with zero attached hydrogens (tertiary/aromatic N) is 1. The van der Waals surface area contributed by atoms with Gasteiger partial charge in [-0.3, -0.25) is 9.59 Å². The van der Waals surface area contributed by atoms with Crippen LogP contribution in [0.1, 0.15) is 18.9 Å². The molecule has 1 aliphatic rings. The third-order valence-corrected chi connectivity index (χ3v) is 4.94. The van der Waals surface area contributed by atoms with Crippen LogP contribution in [0.3, 0.4) is 0 Å². The first kappa shape index (κ1) is 16.4. The van der Waals surface area contributed by atoms with Gasteiger partial charge in [-0.1, -0.05) is 0 Å². The number of benzene rings is 1. The molecule has 0 fully saturated rings. The van der Waals surface area contributed by atoms with E-state index in [9.17, 15) is 18.0 Å². The van der Waals surface area contributed by atoms with Crippen LogP contribution in [-0.2, 0) is 30.8 Å². The normalized spacial score (nSPS) is 13.8. The van der Waals surface area contributed by atoms with E-state index in [1.165, 1.54) is 20.1 Å². The maximum absolute atomic E-state index is 12.2. The molecule has 0 aromatic heterocycles. The van der Waals surface area contributed by atoms with Crippen molar-refractivity contribution < 1.29 is 22.7 Å². The lowest BCUT2D eigenvalue weighted by molar-refractivity contribution is -0.140. The zero-order valence-corrected chi connectivity index (χ0v) is 13.3. The summed E-state index contributed by atoms with van der Waals surface area (Å²) < 4.78 is 31.2. The van der Waals surface area contributed by atoms with E-state index < -0.39 is 16.0 Å². The Bertz CT molecular complexity index is 699. The second-order valence-corrected chi connectivity index (χ2v) is 6.70. The Labute approximate surface area is 129 Å². The van der Waals surface area contributed by atoms with Crippen molar-refractivity contribution in [1.29, 1.82) is 0 Å². The van der Waals surface area contributed by atoms with Crippen molar-refractivity contribution in [3.8, 4) is 0 Å². The topological polar surface area (TPSA) is 92.8 Å². The second kappa shape index (κ2) is 6.45. The number of rotatable bonds is 5. The zero-order chi connectivity index (χ0) is 16.3. The highest BCUT2D eigenvalue weighted by molar-refractivity contribution is 7.89. The van der Waals surface area contributed by atoms with Gasteiger partial charge in [0, 0.05) is 25.7 Å². The predicted molar refractivity (Wildman–Crippen MR) is 80.0 cm³/mol. The van der Waals surface area contributed by atoms with E-state index in [0.29, 0.717) is 13.0 Å². The third-order valence-electron chi connectivity index (χ3n) is 3.49. The predicted octanol–water partition coefficient (Wildman–Crippen LogP) is 0.437. The summed E-state index contributed by atoms with van der Waals surface area (Å²) in [5, 5.41) is 0. The lowest BCUT2D eigenvalue weighted by Crippen LogP contribution is -2.27. The van der Waals surface area contributed by atoms with Gasteiger partial charge in [-0.2, -0.15) is 0 Å². The maximum Gasteiger partial charge on any atom is 0.306 e. The van der Waals surface area contributed by atoms with Gasteiger partial charge in [-0.15, -0.1) is 0 Å². The summed E-state index contributed by atoms with van der Waals surface area (Å²) in [5.41, 5.74) is 1.58. The summed E-state index contributed by atoms with van der Waals surface area (Å²) in [6, 6.07) is 4.66. The number of fused-ring (bicyclic) bond motifs is 1. The number of nitrogens with one attached hydrogen (secondary N) is 1. The molecule has 1 heterocycles. The average molecular weight is 326 g/mol. The van der Waals surface area contributed by atoms with Gasteiger partial charge in [0.25, 0.3) is 0 Å². The van der Waals surface area contributed by atoms with Crippen LogP contribution in [-0.4, -0.2) is 40.5 Å². The van der Waals surface area contributed by atoms with Crippen LogP contribution in [0.15, 0.2) is 23.1 Å². The van der Waals surface area contributed by atoms with Crippen molar-refractivity contribution in [3.63, 3.8) is 0 Å². The molecule has 1 aromatic rings. The largest absolute Gasteiger partial charge is 0.469 e. The van der Waals surface area contributed by atoms with E-state index >= 15 is 0 Å². The molecule has 0 unspecified atom stereocenters. The van der Waals surface area contributed by atoms with Gasteiger partial charge in [-0.25, -0.2) is 13.1 Å². The minimum Gasteiger partial charge on any atom is -0.469 e. The fourth-order valence-corrected chi connectivity index (χ4v) is 3.43. The monoisotopic (exact) mass is 326 g/mol. The van der Waals surface area contributed by atoms with Crippen LogP contribution in [0.4, 0.5) is 5.69 Å². The molecular formula is C14H18N2O5S. The van der Waals surface area contributed by atoms with Crippen LogP contribution >= 0.6 is 0 Å². The van der Waals surface area contributed by atoms with Crippen molar-refractivity contribution in [2.45, 2.75) is 24.7 Å². The number of esters is 1. The smallest absolute Gasteiger partial charge is 0.306 e. The highest BCUT2D eigenvalue weighted by atomic mass is 32.2. The number of anilines is 1. The van der Waals surface area contributed by atoms with Crippen LogP contribution < -0.4 is 9.62 Å². The quantitative estimate of drug-likeness (QED) is 0.793. The number of amides is 1. The van der Waals surface area contributed by atoms with E-state index in [0.717, 1.165) is 11.3 Å². The minimum atomic E-state index is -3.68. The van der Waals surface area contributed by atoms with Crippen molar-refractivity contribution in [2.75, 3.05) is 25.1 Å². The molecule has 22 heavy (non-hydrogen) atoms. The summed E-state index contributed by atoms with van der Waals surface area (Å²) >= 11 is 0. The number of carbonyl (C=O) groups excluding carboxylic acids is 2. The molecule has 1 amide bonds. The lowest BCUT2D eigenvalue weighted by Gasteiger charge is -2.15. The molecular weight excluding hydrogens is 308 g/mol. The number of methoxy groups -OCH3 is 1. The van der Waals surface area contributed by atoms with Gasteiger partial charge < -0.3 is 9.64 Å². The number of hydrogen-bond donors (Lipinski definition) is 1. The average Bonchev–Trinajstić information content (AvgIpc) is 2.89. The molecule has 0 aliphatic carbocycles. The summed E-state index contributed by atoms with van der Waals surface area (Å²) in [6.45, 7) is 2.02. The number of sulfonamides is 1. The van der Waals surface area contributed by atoms with E-state index in [-0.39, 0.29) is 23.8 Å². The first-order valence-electron chi connectivity index (χ1n) is 6.82. The van der Waals surface area contributed by atoms with Gasteiger partial charge in [0.2, 0.25) is 15.9 Å². The zero-order valence-electron chi connectivity index (χ0n) is 12.5. The molecule has 1 aromatic carbocycles. The SMILES string of the molecule is COC(=O)CCNS(=O)(=O)c1ccc2c(c1)CCN2C(C)=O. The van der Waals surface area contributed by atoms with Gasteiger partial charge in [0.1, 0.15) is 0 Å². The van der Waals surface area contributed by atoms with Crippen molar-refractivity contribution in [1.82, 2.24) is 4.72 Å². The van der Waals surface area contributed by atoms with Gasteiger partial charge in [-0.05, 0) is 30.2 Å². The van der Waals surface area contributed by atoms with Crippen LogP contribution in [0, 0.1) is 0 Å². The number of hydrogen-bond acceptors (Lipinski definition) is 5. The van der Waals surface area contributed by atoms with Crippen LogP contribution in [0.5, 0.6) is 0 Å². The summed E-state index contributed by atoms with van der Waals surface area (Å²) in [5.74, 6) is -0.542. The molecule has 2 rings (SSSR count). The van der Waals surface area contributed by atoms with Crippen molar-refractivity contribution in [3.05, 3.63) is 23.8 Å². The summed E-state index contributed by atoms with van der Waals surface area (Å²) in [4.78, 5) is 24.2. The number of carbonyl (C=O) groups is 2. The highest BCUT2D eigenvalue weighted by Crippen LogP contribution is 2.30. The molecule has 120 valence electrons. The van der Waals surface area contributed by atoms with E-state index in [1.807, 2.05) is 0 Å². The molecule has 0 spiro atoms. The molecule has 0 radical (unpaired) electrons. The fraction of sp³-hybridized carbons (Fsp3) is 0.429. The Morgan fingerprint density at radius 3 is 2.73 bits per heavy atom. The molecule has 7 nitrogen and oxygen atoms in total. The Balaban J connectivity index is 2.13. The van der Waals surface area contributed by atoms with E-state index in [4.69, 9.17) is 0 Å². The Morgan fingerprint density at radius 2 is 2.09 bits per heavy atom. The second-order valence-electron chi connectivity index (χ2n) is 4.94. The summed E-state index contributed by atoms with van der Waals surface area (Å²) in [7, 11) is -2.44. The first-order chi connectivity index (χ1) is 10.3. The lowest BCUT2D eigenvalue weighted by atomic mass is 10.2. The van der Waals surface area contributed by atoms with E-state index in [1.54, 1.807) is 17.0 Å². The van der Waals surface area contributed by atoms with Gasteiger partial charge in [0.15, 0.2) is 0 Å². The Kier molecular flexibility index (Phi) is 4.82. The molecule has 0 saturated carbocycles. The van der Waals surface area contributed by atoms with Gasteiger partial charge in [0.05, 0.1) is 18.4 Å². The maximum atomic E-state index is 12.2. The molecule has 1 N–H and O–H groups in total. The van der Waals surface area contributed by atoms with Crippen LogP contribution in [0.25, 0.3) is 0 Å². The van der Waals surface area contributed by atoms with E-state index in [2.05, 4.69) is 9.46 Å². The molecule has 1 aliphatic heterocycles. The molecule has 8 heteroatoms. The van der Waals surface area contributed by atoms with Crippen molar-refractivity contribution >= 4 is 27.6 Å². The molecule has 0 saturated heterocycles. The fourth-order valence-electron chi connectivity index (χ4n) is 2.35. The standard InChI is InChI=1S/C14H18N2O5S/c1-10(17)16-8-6-11-9-12(3-4-13(11)16)22(19,20)15-7-5-14(18)21-2/h3-4,9,15H,5-8H2,1-2H3. The third kappa shape index (κ3) is 3.45. The first-order valence-corrected chi connectivity index (χ1v) is 8.31. The number of ether oxygens (including phenoxy) is 1. The van der Waals surface area contributed by atoms with Gasteiger partial charge >= 0.3 is 5.97 Å². The van der Waals surface area contributed by atoms with Crippen molar-refractivity contribution in [2.24, 2.45) is 0 Å². The molecule has 0 bridgehead atoms. The molecule has 0 atom stereocenters. The summed E-state index contributed by atoms with van der Waals surface area (Å²) in [6.07, 6.45) is 0.596. The van der Waals surface area contributed by atoms with Crippen LogP contribution in [0.2, 0.25) is 0 Å².